The van der Waals surface area contributed by atoms with E-state index in [0.29, 0.717) is 5.69 Å². The van der Waals surface area contributed by atoms with Crippen molar-refractivity contribution < 1.29 is 4.79 Å². The van der Waals surface area contributed by atoms with E-state index in [9.17, 15) is 4.79 Å². The van der Waals surface area contributed by atoms with Gasteiger partial charge in [-0.2, -0.15) is 10.2 Å². The topological polar surface area (TPSA) is 78.8 Å². The lowest BCUT2D eigenvalue weighted by atomic mass is 10.0. The zero-order chi connectivity index (χ0) is 18.1. The van der Waals surface area contributed by atoms with Crippen LogP contribution < -0.4 is 5.32 Å². The van der Waals surface area contributed by atoms with Gasteiger partial charge in [0.05, 0.1) is 5.69 Å². The molecule has 0 unspecified atom stereocenters. The van der Waals surface area contributed by atoms with E-state index < -0.39 is 0 Å². The summed E-state index contributed by atoms with van der Waals surface area (Å²) >= 11 is 0. The van der Waals surface area contributed by atoms with Gasteiger partial charge in [-0.15, -0.1) is 0 Å². The molecule has 0 saturated carbocycles. The van der Waals surface area contributed by atoms with Crippen LogP contribution in [0.15, 0.2) is 36.7 Å². The van der Waals surface area contributed by atoms with E-state index in [1.807, 2.05) is 16.9 Å². The number of rotatable bonds is 4. The van der Waals surface area contributed by atoms with Gasteiger partial charge in [0.1, 0.15) is 0 Å². The SMILES string of the molecule is CNC(=O)c1n[nH]c2c1CN(Cc1ccc(-n3cccn3)cc1C)CC2. The van der Waals surface area contributed by atoms with Crippen LogP contribution in [0.25, 0.3) is 5.69 Å². The van der Waals surface area contributed by atoms with E-state index >= 15 is 0 Å². The normalized spacial score (nSPS) is 14.2. The first-order valence-electron chi connectivity index (χ1n) is 8.76. The third-order valence-electron chi connectivity index (χ3n) is 4.94. The van der Waals surface area contributed by atoms with Gasteiger partial charge in [-0.05, 0) is 36.2 Å². The Morgan fingerprint density at radius 2 is 2.27 bits per heavy atom. The maximum Gasteiger partial charge on any atom is 0.271 e. The first-order chi connectivity index (χ1) is 12.7. The highest BCUT2D eigenvalue weighted by atomic mass is 16.1. The summed E-state index contributed by atoms with van der Waals surface area (Å²) in [4.78, 5) is 14.4. The van der Waals surface area contributed by atoms with Crippen molar-refractivity contribution >= 4 is 5.91 Å². The number of nitrogens with zero attached hydrogens (tertiary/aromatic N) is 4. The Balaban J connectivity index is 1.52. The molecule has 3 heterocycles. The zero-order valence-corrected chi connectivity index (χ0v) is 15.0. The van der Waals surface area contributed by atoms with Crippen molar-refractivity contribution in [2.75, 3.05) is 13.6 Å². The minimum absolute atomic E-state index is 0.135. The van der Waals surface area contributed by atoms with Crippen molar-refractivity contribution in [3.63, 3.8) is 0 Å². The summed E-state index contributed by atoms with van der Waals surface area (Å²) in [6, 6.07) is 8.34. The van der Waals surface area contributed by atoms with Crippen LogP contribution in [-0.4, -0.2) is 44.4 Å². The van der Waals surface area contributed by atoms with Crippen molar-refractivity contribution in [2.24, 2.45) is 0 Å². The Kier molecular flexibility index (Phi) is 4.30. The molecular weight excluding hydrogens is 328 g/mol. The summed E-state index contributed by atoms with van der Waals surface area (Å²) in [6.45, 7) is 4.66. The highest BCUT2D eigenvalue weighted by Crippen LogP contribution is 2.23. The molecule has 0 radical (unpaired) electrons. The summed E-state index contributed by atoms with van der Waals surface area (Å²) in [5.41, 5.74) is 6.19. The van der Waals surface area contributed by atoms with Gasteiger partial charge in [0, 0.05) is 56.8 Å². The monoisotopic (exact) mass is 350 g/mol. The van der Waals surface area contributed by atoms with Crippen LogP contribution >= 0.6 is 0 Å². The zero-order valence-electron chi connectivity index (χ0n) is 15.0. The second-order valence-corrected chi connectivity index (χ2v) is 6.63. The third-order valence-corrected chi connectivity index (χ3v) is 4.94. The number of aromatic amines is 1. The Bertz CT molecular complexity index is 928. The van der Waals surface area contributed by atoms with Gasteiger partial charge in [-0.1, -0.05) is 6.07 Å². The predicted octanol–water partition coefficient (Wildman–Crippen LogP) is 1.82. The van der Waals surface area contributed by atoms with Crippen molar-refractivity contribution in [3.8, 4) is 5.69 Å². The molecule has 134 valence electrons. The Morgan fingerprint density at radius 1 is 1.38 bits per heavy atom. The molecule has 7 nitrogen and oxygen atoms in total. The second kappa shape index (κ2) is 6.76. The molecule has 0 bridgehead atoms. The van der Waals surface area contributed by atoms with Gasteiger partial charge < -0.3 is 5.32 Å². The number of carbonyl (C=O) groups excluding carboxylic acids is 1. The van der Waals surface area contributed by atoms with Gasteiger partial charge in [0.15, 0.2) is 5.69 Å². The minimum atomic E-state index is -0.135. The first kappa shape index (κ1) is 16.5. The first-order valence-corrected chi connectivity index (χ1v) is 8.76. The van der Waals surface area contributed by atoms with Crippen LogP contribution in [0.3, 0.4) is 0 Å². The Hall–Kier alpha value is -2.93. The maximum absolute atomic E-state index is 12.0. The van der Waals surface area contributed by atoms with Crippen LogP contribution in [0.5, 0.6) is 0 Å². The Labute approximate surface area is 152 Å². The molecule has 2 N–H and O–H groups in total. The number of H-pyrrole nitrogens is 1. The molecule has 26 heavy (non-hydrogen) atoms. The molecule has 0 saturated heterocycles. The molecule has 1 aliphatic rings. The predicted molar refractivity (Wildman–Crippen MR) is 98.1 cm³/mol. The highest BCUT2D eigenvalue weighted by Gasteiger charge is 2.25. The molecular formula is C19H22N6O. The minimum Gasteiger partial charge on any atom is -0.354 e. The van der Waals surface area contributed by atoms with E-state index in [1.165, 1.54) is 11.1 Å². The van der Waals surface area contributed by atoms with E-state index in [1.54, 1.807) is 13.2 Å². The van der Waals surface area contributed by atoms with Crippen molar-refractivity contribution in [2.45, 2.75) is 26.4 Å². The number of aryl methyl sites for hydroxylation is 1. The van der Waals surface area contributed by atoms with Crippen LogP contribution in [0, 0.1) is 6.92 Å². The number of hydrogen-bond donors (Lipinski definition) is 2. The number of amides is 1. The molecule has 0 atom stereocenters. The average molecular weight is 350 g/mol. The van der Waals surface area contributed by atoms with Crippen molar-refractivity contribution in [3.05, 3.63) is 64.7 Å². The summed E-state index contributed by atoms with van der Waals surface area (Å²) < 4.78 is 1.87. The van der Waals surface area contributed by atoms with Crippen LogP contribution in [-0.2, 0) is 19.5 Å². The van der Waals surface area contributed by atoms with Gasteiger partial charge in [0.25, 0.3) is 5.91 Å². The van der Waals surface area contributed by atoms with Crippen molar-refractivity contribution in [1.82, 2.24) is 30.2 Å². The molecule has 4 rings (SSSR count). The number of fused-ring (bicyclic) bond motifs is 1. The number of carbonyl (C=O) groups is 1. The molecule has 0 fully saturated rings. The molecule has 2 aromatic heterocycles. The summed E-state index contributed by atoms with van der Waals surface area (Å²) in [5.74, 6) is -0.135. The van der Waals surface area contributed by atoms with Gasteiger partial charge in [-0.3, -0.25) is 14.8 Å². The molecule has 1 amide bonds. The van der Waals surface area contributed by atoms with E-state index in [-0.39, 0.29) is 5.91 Å². The average Bonchev–Trinajstić information content (AvgIpc) is 3.32. The molecule has 7 heteroatoms. The van der Waals surface area contributed by atoms with E-state index in [4.69, 9.17) is 0 Å². The fourth-order valence-corrected chi connectivity index (χ4v) is 3.45. The second-order valence-electron chi connectivity index (χ2n) is 6.63. The lowest BCUT2D eigenvalue weighted by Crippen LogP contribution is -2.31. The van der Waals surface area contributed by atoms with Crippen molar-refractivity contribution in [1.29, 1.82) is 0 Å². The molecule has 0 spiro atoms. The largest absolute Gasteiger partial charge is 0.354 e. The number of hydrogen-bond acceptors (Lipinski definition) is 4. The van der Waals surface area contributed by atoms with Gasteiger partial charge >= 0.3 is 0 Å². The van der Waals surface area contributed by atoms with Crippen LogP contribution in [0.4, 0.5) is 0 Å². The number of aromatic nitrogens is 4. The molecule has 3 aromatic rings. The fourth-order valence-electron chi connectivity index (χ4n) is 3.45. The summed E-state index contributed by atoms with van der Waals surface area (Å²) in [6.07, 6.45) is 4.60. The van der Waals surface area contributed by atoms with Crippen LogP contribution in [0.2, 0.25) is 0 Å². The van der Waals surface area contributed by atoms with E-state index in [2.05, 4.69) is 50.6 Å². The lowest BCUT2D eigenvalue weighted by Gasteiger charge is -2.27. The Morgan fingerprint density at radius 3 is 3.00 bits per heavy atom. The lowest BCUT2D eigenvalue weighted by molar-refractivity contribution is 0.0955. The highest BCUT2D eigenvalue weighted by molar-refractivity contribution is 5.93. The fraction of sp³-hybridized carbons (Fsp3) is 0.316. The van der Waals surface area contributed by atoms with E-state index in [0.717, 1.165) is 43.0 Å². The number of benzene rings is 1. The maximum atomic E-state index is 12.0. The quantitative estimate of drug-likeness (QED) is 0.752. The summed E-state index contributed by atoms with van der Waals surface area (Å²) in [7, 11) is 1.63. The molecule has 1 aromatic carbocycles. The third kappa shape index (κ3) is 3.01. The standard InChI is InChI=1S/C19H22N6O/c1-13-10-15(25-8-3-7-21-25)5-4-14(13)11-24-9-6-17-16(12-24)18(23-22-17)19(26)20-2/h3-5,7-8,10H,6,9,11-12H2,1-2H3,(H,20,26)(H,22,23). The summed E-state index contributed by atoms with van der Waals surface area (Å²) in [5, 5.41) is 14.2. The van der Waals surface area contributed by atoms with Crippen LogP contribution in [0.1, 0.15) is 32.9 Å². The van der Waals surface area contributed by atoms with Gasteiger partial charge in [0.2, 0.25) is 0 Å². The smallest absolute Gasteiger partial charge is 0.271 e. The number of nitrogens with one attached hydrogen (secondary N) is 2. The molecule has 1 aliphatic heterocycles. The van der Waals surface area contributed by atoms with Gasteiger partial charge in [-0.25, -0.2) is 4.68 Å². The molecule has 0 aliphatic carbocycles.